The molecule has 114 valence electrons. The number of hydrogen-bond acceptors (Lipinski definition) is 6. The van der Waals surface area contributed by atoms with E-state index in [9.17, 15) is 8.42 Å². The second kappa shape index (κ2) is 4.92. The van der Waals surface area contributed by atoms with Crippen molar-refractivity contribution in [3.63, 3.8) is 0 Å². The second-order valence-corrected chi connectivity index (χ2v) is 7.03. The maximum absolute atomic E-state index is 12.9. The molecule has 0 unspecified atom stereocenters. The second-order valence-electron chi connectivity index (χ2n) is 5.21. The molecule has 9 heteroatoms. The van der Waals surface area contributed by atoms with E-state index in [1.165, 1.54) is 4.31 Å². The Morgan fingerprint density at radius 2 is 2.10 bits per heavy atom. The van der Waals surface area contributed by atoms with Gasteiger partial charge >= 0.3 is 0 Å². The molecule has 1 aliphatic rings. The zero-order valence-corrected chi connectivity index (χ0v) is 12.9. The van der Waals surface area contributed by atoms with Crippen LogP contribution in [-0.2, 0) is 10.0 Å². The van der Waals surface area contributed by atoms with Crippen LogP contribution in [0.25, 0.3) is 0 Å². The lowest BCUT2D eigenvalue weighted by Crippen LogP contribution is -2.31. The minimum Gasteiger partial charge on any atom is -0.360 e. The first-order valence-corrected chi connectivity index (χ1v) is 8.19. The monoisotopic (exact) mass is 311 g/mol. The Hall–Kier alpha value is -1.74. The van der Waals surface area contributed by atoms with E-state index in [0.717, 1.165) is 6.42 Å². The van der Waals surface area contributed by atoms with E-state index >= 15 is 0 Å². The molecule has 21 heavy (non-hydrogen) atoms. The molecule has 3 heterocycles. The van der Waals surface area contributed by atoms with E-state index in [0.29, 0.717) is 36.1 Å². The molecule has 1 atom stereocenters. The Morgan fingerprint density at radius 1 is 1.33 bits per heavy atom. The average Bonchev–Trinajstić information content (AvgIpc) is 3.09. The molecule has 2 aromatic rings. The predicted molar refractivity (Wildman–Crippen MR) is 73.0 cm³/mol. The molecule has 2 aromatic heterocycles. The van der Waals surface area contributed by atoms with Crippen LogP contribution in [0.2, 0.25) is 0 Å². The summed E-state index contributed by atoms with van der Waals surface area (Å²) in [6.45, 7) is 5.48. The van der Waals surface area contributed by atoms with Crippen molar-refractivity contribution >= 4 is 10.0 Å². The van der Waals surface area contributed by atoms with Gasteiger partial charge in [0.1, 0.15) is 16.4 Å². The summed E-state index contributed by atoms with van der Waals surface area (Å²) in [5.74, 6) is 1.50. The maximum Gasteiger partial charge on any atom is 0.249 e. The van der Waals surface area contributed by atoms with Gasteiger partial charge in [0.05, 0.1) is 6.04 Å². The minimum absolute atomic E-state index is 0.154. The molecule has 8 nitrogen and oxygen atoms in total. The van der Waals surface area contributed by atoms with Crippen molar-refractivity contribution in [2.45, 2.75) is 44.6 Å². The molecular formula is C12H17N5O3S. The first-order valence-electron chi connectivity index (χ1n) is 6.75. The molecule has 1 aliphatic heterocycles. The van der Waals surface area contributed by atoms with E-state index in [1.807, 2.05) is 0 Å². The van der Waals surface area contributed by atoms with Crippen LogP contribution in [0, 0.1) is 20.8 Å². The maximum atomic E-state index is 12.9. The van der Waals surface area contributed by atoms with Gasteiger partial charge in [-0.15, -0.1) is 0 Å². The van der Waals surface area contributed by atoms with Crippen LogP contribution < -0.4 is 0 Å². The third-order valence-corrected chi connectivity index (χ3v) is 5.80. The van der Waals surface area contributed by atoms with Crippen LogP contribution in [-0.4, -0.2) is 39.6 Å². The molecule has 0 saturated carbocycles. The highest BCUT2D eigenvalue weighted by molar-refractivity contribution is 7.89. The van der Waals surface area contributed by atoms with E-state index < -0.39 is 10.0 Å². The first kappa shape index (κ1) is 14.2. The van der Waals surface area contributed by atoms with Crippen molar-refractivity contribution in [2.75, 3.05) is 6.54 Å². The Morgan fingerprint density at radius 3 is 2.67 bits per heavy atom. The zero-order chi connectivity index (χ0) is 15.2. The van der Waals surface area contributed by atoms with Crippen LogP contribution in [0.5, 0.6) is 0 Å². The third-order valence-electron chi connectivity index (χ3n) is 3.65. The summed E-state index contributed by atoms with van der Waals surface area (Å²) in [5, 5.41) is 10.6. The topological polar surface area (TPSA) is 105 Å². The van der Waals surface area contributed by atoms with Gasteiger partial charge in [-0.1, -0.05) is 5.16 Å². The Labute approximate surface area is 122 Å². The number of aryl methyl sites for hydroxylation is 3. The van der Waals surface area contributed by atoms with E-state index in [4.69, 9.17) is 4.52 Å². The molecule has 0 bridgehead atoms. The number of aromatic amines is 1. The van der Waals surface area contributed by atoms with Crippen molar-refractivity contribution in [1.82, 2.24) is 24.6 Å². The van der Waals surface area contributed by atoms with E-state index in [1.54, 1.807) is 20.8 Å². The number of aromatic nitrogens is 4. The molecule has 0 radical (unpaired) electrons. The van der Waals surface area contributed by atoms with Gasteiger partial charge in [-0.25, -0.2) is 13.4 Å². The predicted octanol–water partition coefficient (Wildman–Crippen LogP) is 1.24. The Bertz CT molecular complexity index is 744. The van der Waals surface area contributed by atoms with Gasteiger partial charge in [-0.2, -0.15) is 9.40 Å². The summed E-state index contributed by atoms with van der Waals surface area (Å²) in [5.41, 5.74) is 0.379. The van der Waals surface area contributed by atoms with Gasteiger partial charge in [0, 0.05) is 6.54 Å². The van der Waals surface area contributed by atoms with Crippen molar-refractivity contribution in [3.05, 3.63) is 23.1 Å². The lowest BCUT2D eigenvalue weighted by Gasteiger charge is -2.21. The average molecular weight is 311 g/mol. The van der Waals surface area contributed by atoms with Crippen molar-refractivity contribution in [3.8, 4) is 0 Å². The first-order chi connectivity index (χ1) is 9.91. The molecule has 0 aliphatic carbocycles. The normalized spacial score (nSPS) is 20.2. The highest BCUT2D eigenvalue weighted by atomic mass is 32.2. The molecule has 1 saturated heterocycles. The molecule has 0 amide bonds. The molecule has 0 aromatic carbocycles. The lowest BCUT2D eigenvalue weighted by molar-refractivity contribution is 0.377. The minimum atomic E-state index is -3.66. The summed E-state index contributed by atoms with van der Waals surface area (Å²) in [4.78, 5) is 4.43. The van der Waals surface area contributed by atoms with Gasteiger partial charge in [-0.3, -0.25) is 5.10 Å². The van der Waals surface area contributed by atoms with Gasteiger partial charge in [0.25, 0.3) is 0 Å². The van der Waals surface area contributed by atoms with Crippen molar-refractivity contribution in [2.24, 2.45) is 0 Å². The van der Waals surface area contributed by atoms with Crippen LogP contribution >= 0.6 is 0 Å². The molecule has 0 spiro atoms. The highest BCUT2D eigenvalue weighted by Gasteiger charge is 2.40. The smallest absolute Gasteiger partial charge is 0.249 e. The Balaban J connectivity index is 2.02. The van der Waals surface area contributed by atoms with Gasteiger partial charge in [0.15, 0.2) is 11.6 Å². The fourth-order valence-electron chi connectivity index (χ4n) is 2.76. The fourth-order valence-corrected chi connectivity index (χ4v) is 4.70. The highest BCUT2D eigenvalue weighted by Crippen LogP contribution is 2.36. The van der Waals surface area contributed by atoms with Crippen LogP contribution in [0.1, 0.15) is 42.0 Å². The Kier molecular flexibility index (Phi) is 3.33. The molecular weight excluding hydrogens is 294 g/mol. The summed E-state index contributed by atoms with van der Waals surface area (Å²) in [6, 6.07) is -0.339. The van der Waals surface area contributed by atoms with Crippen LogP contribution in [0.4, 0.5) is 0 Å². The number of sulfonamides is 1. The largest absolute Gasteiger partial charge is 0.360 e. The summed E-state index contributed by atoms with van der Waals surface area (Å²) < 4.78 is 32.2. The number of hydrogen-bond donors (Lipinski definition) is 1. The summed E-state index contributed by atoms with van der Waals surface area (Å²) in [6.07, 6.45) is 1.49. The third kappa shape index (κ3) is 2.26. The summed E-state index contributed by atoms with van der Waals surface area (Å²) >= 11 is 0. The zero-order valence-electron chi connectivity index (χ0n) is 12.1. The summed E-state index contributed by atoms with van der Waals surface area (Å²) in [7, 11) is -3.66. The van der Waals surface area contributed by atoms with E-state index in [-0.39, 0.29) is 10.9 Å². The standard InChI is InChI=1S/C12H17N5O3S/c1-7-11(8(2)20-16-7)21(18,19)17-6-4-5-10(17)12-13-9(3)14-15-12/h10H,4-6H2,1-3H3,(H,13,14,15)/t10-/m0/s1. The van der Waals surface area contributed by atoms with Crippen LogP contribution in [0.3, 0.4) is 0 Å². The van der Waals surface area contributed by atoms with Crippen molar-refractivity contribution in [1.29, 1.82) is 0 Å². The molecule has 3 rings (SSSR count). The van der Waals surface area contributed by atoms with Gasteiger partial charge in [0.2, 0.25) is 10.0 Å². The SMILES string of the molecule is Cc1nc([C@@H]2CCCN2S(=O)(=O)c2c(C)noc2C)n[nH]1. The number of H-pyrrole nitrogens is 1. The van der Waals surface area contributed by atoms with Crippen molar-refractivity contribution < 1.29 is 12.9 Å². The number of nitrogens with one attached hydrogen (secondary N) is 1. The quantitative estimate of drug-likeness (QED) is 0.914. The van der Waals surface area contributed by atoms with Gasteiger partial charge < -0.3 is 4.52 Å². The fraction of sp³-hybridized carbons (Fsp3) is 0.583. The molecule has 1 N–H and O–H groups in total. The van der Waals surface area contributed by atoms with Gasteiger partial charge in [-0.05, 0) is 33.6 Å². The van der Waals surface area contributed by atoms with E-state index in [2.05, 4.69) is 20.3 Å². The molecule has 1 fully saturated rings. The lowest BCUT2D eigenvalue weighted by atomic mass is 10.2. The number of nitrogens with zero attached hydrogens (tertiary/aromatic N) is 4. The number of rotatable bonds is 3. The van der Waals surface area contributed by atoms with Crippen LogP contribution in [0.15, 0.2) is 9.42 Å².